The lowest BCUT2D eigenvalue weighted by atomic mass is 9.81. The fourth-order valence-corrected chi connectivity index (χ4v) is 2.87. The molecule has 0 N–H and O–H groups in total. The Morgan fingerprint density at radius 2 is 1.91 bits per heavy atom. The van der Waals surface area contributed by atoms with E-state index in [0.29, 0.717) is 17.5 Å². The molecule has 3 rings (SSSR count). The molecule has 1 aliphatic rings. The van der Waals surface area contributed by atoms with E-state index in [1.54, 1.807) is 11.0 Å². The zero-order valence-corrected chi connectivity index (χ0v) is 14.7. The summed E-state index contributed by atoms with van der Waals surface area (Å²) in [6, 6.07) is 0. The summed E-state index contributed by atoms with van der Waals surface area (Å²) >= 11 is 0. The number of hydrogen-bond acceptors (Lipinski definition) is 6. The largest absolute Gasteiger partial charge is 0.377 e. The predicted octanol–water partition coefficient (Wildman–Crippen LogP) is 3.00. The van der Waals surface area contributed by atoms with Gasteiger partial charge in [-0.3, -0.25) is 0 Å². The second-order valence-electron chi connectivity index (χ2n) is 8.19. The normalized spacial score (nSPS) is 22.7. The van der Waals surface area contributed by atoms with E-state index in [2.05, 4.69) is 61.8 Å². The minimum Gasteiger partial charge on any atom is -0.377 e. The van der Waals surface area contributed by atoms with Gasteiger partial charge in [-0.1, -0.05) is 25.9 Å². The summed E-state index contributed by atoms with van der Waals surface area (Å²) in [7, 11) is 0. The molecule has 126 valence electrons. The Kier molecular flexibility index (Phi) is 3.78. The summed E-state index contributed by atoms with van der Waals surface area (Å²) in [6.07, 6.45) is 2.69. The third kappa shape index (κ3) is 3.15. The van der Waals surface area contributed by atoms with E-state index >= 15 is 0 Å². The molecule has 0 saturated carbocycles. The molecule has 0 radical (unpaired) electrons. The van der Waals surface area contributed by atoms with Crippen LogP contribution in [0.5, 0.6) is 0 Å². The summed E-state index contributed by atoms with van der Waals surface area (Å²) < 4.78 is 13.1. The Morgan fingerprint density at radius 1 is 1.17 bits per heavy atom. The second kappa shape index (κ2) is 5.40. The van der Waals surface area contributed by atoms with Crippen molar-refractivity contribution in [1.82, 2.24) is 24.9 Å². The molecule has 2 aromatic heterocycles. The highest BCUT2D eigenvalue weighted by Gasteiger charge is 2.40. The van der Waals surface area contributed by atoms with Crippen molar-refractivity contribution in [1.29, 1.82) is 0 Å². The summed E-state index contributed by atoms with van der Waals surface area (Å²) in [4.78, 5) is 8.81. The average Bonchev–Trinajstić information content (AvgIpc) is 3.16. The van der Waals surface area contributed by atoms with Gasteiger partial charge in [-0.25, -0.2) is 9.67 Å². The molecule has 1 saturated heterocycles. The van der Waals surface area contributed by atoms with Crippen molar-refractivity contribution in [2.75, 3.05) is 6.61 Å². The van der Waals surface area contributed by atoms with Gasteiger partial charge in [0.15, 0.2) is 5.82 Å². The van der Waals surface area contributed by atoms with Crippen LogP contribution in [0.3, 0.4) is 0 Å². The van der Waals surface area contributed by atoms with Gasteiger partial charge in [0.25, 0.3) is 5.89 Å². The molecule has 0 amide bonds. The van der Waals surface area contributed by atoms with Crippen LogP contribution in [0.4, 0.5) is 0 Å². The number of rotatable bonds is 2. The van der Waals surface area contributed by atoms with E-state index in [-0.39, 0.29) is 23.0 Å². The molecular weight excluding hydrogens is 294 g/mol. The van der Waals surface area contributed by atoms with Gasteiger partial charge in [0.05, 0.1) is 17.6 Å². The molecule has 2 atom stereocenters. The van der Waals surface area contributed by atoms with Crippen LogP contribution in [-0.4, -0.2) is 37.6 Å². The fourth-order valence-electron chi connectivity index (χ4n) is 2.87. The lowest BCUT2D eigenvalue weighted by Gasteiger charge is -2.29. The van der Waals surface area contributed by atoms with Crippen molar-refractivity contribution in [3.05, 3.63) is 12.2 Å². The monoisotopic (exact) mass is 319 g/mol. The first-order chi connectivity index (χ1) is 10.7. The van der Waals surface area contributed by atoms with Gasteiger partial charge >= 0.3 is 0 Å². The highest BCUT2D eigenvalue weighted by molar-refractivity contribution is 5.38. The van der Waals surface area contributed by atoms with Gasteiger partial charge < -0.3 is 9.26 Å². The molecule has 0 bridgehead atoms. The quantitative estimate of drug-likeness (QED) is 0.846. The van der Waals surface area contributed by atoms with E-state index in [1.165, 1.54) is 0 Å². The van der Waals surface area contributed by atoms with Gasteiger partial charge in [-0.2, -0.15) is 4.98 Å². The van der Waals surface area contributed by atoms with E-state index in [1.807, 2.05) is 0 Å². The first-order valence-electron chi connectivity index (χ1n) is 8.04. The molecule has 0 aromatic carbocycles. The van der Waals surface area contributed by atoms with Crippen LogP contribution < -0.4 is 0 Å². The van der Waals surface area contributed by atoms with Gasteiger partial charge in [0.1, 0.15) is 6.33 Å². The molecule has 23 heavy (non-hydrogen) atoms. The first kappa shape index (κ1) is 16.1. The maximum absolute atomic E-state index is 5.89. The predicted molar refractivity (Wildman–Crippen MR) is 84.9 cm³/mol. The minimum atomic E-state index is -0.134. The molecule has 7 heteroatoms. The maximum Gasteiger partial charge on any atom is 0.297 e. The average molecular weight is 319 g/mol. The Hall–Kier alpha value is -1.76. The smallest absolute Gasteiger partial charge is 0.297 e. The third-order valence-corrected chi connectivity index (χ3v) is 4.09. The number of ether oxygens (including phenoxy) is 1. The molecule has 2 aromatic rings. The van der Waals surface area contributed by atoms with E-state index in [4.69, 9.17) is 9.26 Å². The van der Waals surface area contributed by atoms with E-state index < -0.39 is 0 Å². The van der Waals surface area contributed by atoms with Crippen LogP contribution >= 0.6 is 0 Å². The summed E-state index contributed by atoms with van der Waals surface area (Å²) in [5.74, 6) is 1.66. The number of hydrogen-bond donors (Lipinski definition) is 0. The second-order valence-corrected chi connectivity index (χ2v) is 8.19. The molecule has 1 fully saturated rings. The Morgan fingerprint density at radius 3 is 2.52 bits per heavy atom. The zero-order chi connectivity index (χ0) is 16.8. The summed E-state index contributed by atoms with van der Waals surface area (Å²) in [5.41, 5.74) is -0.0985. The lowest BCUT2D eigenvalue weighted by molar-refractivity contribution is 0.0193. The molecule has 3 heterocycles. The van der Waals surface area contributed by atoms with E-state index in [0.717, 1.165) is 13.0 Å². The Balaban J connectivity index is 1.85. The highest BCUT2D eigenvalue weighted by atomic mass is 16.5. The molecular formula is C16H25N5O2. The summed E-state index contributed by atoms with van der Waals surface area (Å²) in [5, 5.41) is 8.59. The molecule has 0 unspecified atom stereocenters. The van der Waals surface area contributed by atoms with Crippen LogP contribution in [0, 0.1) is 5.41 Å². The van der Waals surface area contributed by atoms with Crippen LogP contribution in [0.2, 0.25) is 0 Å². The van der Waals surface area contributed by atoms with Crippen LogP contribution in [-0.2, 0) is 10.3 Å². The zero-order valence-electron chi connectivity index (χ0n) is 14.7. The number of nitrogens with zero attached hydrogens (tertiary/aromatic N) is 5. The van der Waals surface area contributed by atoms with Gasteiger partial charge in [-0.05, 0) is 32.6 Å². The Labute approximate surface area is 136 Å². The summed E-state index contributed by atoms with van der Waals surface area (Å²) in [6.45, 7) is 13.4. The topological polar surface area (TPSA) is 78.9 Å². The van der Waals surface area contributed by atoms with Gasteiger partial charge in [0.2, 0.25) is 5.82 Å². The number of aromatic nitrogens is 5. The standard InChI is InChI=1S/C16H25N5O2/c1-15(2,3)11-10(7-8-22-11)12-18-14(23-20-12)13-17-9-21(19-13)16(4,5)6/h9-11H,7-8H2,1-6H3/t10-,11-/m1/s1. The van der Waals surface area contributed by atoms with Gasteiger partial charge in [0, 0.05) is 6.61 Å². The fraction of sp³-hybridized carbons (Fsp3) is 0.750. The van der Waals surface area contributed by atoms with Crippen LogP contribution in [0.25, 0.3) is 11.7 Å². The maximum atomic E-state index is 5.89. The SMILES string of the molecule is CC(C)(C)[C@@H]1OCC[C@H]1c1noc(-c2ncn(C(C)(C)C)n2)n1. The molecule has 0 aliphatic carbocycles. The molecule has 7 nitrogen and oxygen atoms in total. The lowest BCUT2D eigenvalue weighted by Crippen LogP contribution is -2.30. The van der Waals surface area contributed by atoms with Crippen LogP contribution in [0.15, 0.2) is 10.9 Å². The molecule has 0 spiro atoms. The van der Waals surface area contributed by atoms with Crippen molar-refractivity contribution >= 4 is 0 Å². The Bertz CT molecular complexity index is 677. The first-order valence-corrected chi connectivity index (χ1v) is 8.04. The van der Waals surface area contributed by atoms with Gasteiger partial charge in [-0.15, -0.1) is 5.10 Å². The van der Waals surface area contributed by atoms with Crippen molar-refractivity contribution in [3.8, 4) is 11.7 Å². The highest BCUT2D eigenvalue weighted by Crippen LogP contribution is 2.40. The third-order valence-electron chi connectivity index (χ3n) is 4.09. The van der Waals surface area contributed by atoms with E-state index in [9.17, 15) is 0 Å². The minimum absolute atomic E-state index is 0.0357. The molecule has 1 aliphatic heterocycles. The van der Waals surface area contributed by atoms with Crippen molar-refractivity contribution in [2.24, 2.45) is 5.41 Å². The van der Waals surface area contributed by atoms with Crippen molar-refractivity contribution in [3.63, 3.8) is 0 Å². The van der Waals surface area contributed by atoms with Crippen LogP contribution in [0.1, 0.15) is 59.7 Å². The van der Waals surface area contributed by atoms with Crippen molar-refractivity contribution < 1.29 is 9.26 Å². The van der Waals surface area contributed by atoms with Crippen molar-refractivity contribution in [2.45, 2.75) is 65.5 Å².